The molecule has 3 rings (SSSR count). The number of hydrogen-bond donors (Lipinski definition) is 1. The van der Waals surface area contributed by atoms with Crippen molar-refractivity contribution in [1.29, 1.82) is 0 Å². The van der Waals surface area contributed by atoms with E-state index >= 15 is 0 Å². The number of amides is 1. The van der Waals surface area contributed by atoms with E-state index in [1.54, 1.807) is 6.92 Å². The molecule has 2 aromatic carbocycles. The van der Waals surface area contributed by atoms with E-state index in [0.29, 0.717) is 16.8 Å². The van der Waals surface area contributed by atoms with E-state index < -0.39 is 0 Å². The Balaban J connectivity index is 1.97. The lowest BCUT2D eigenvalue weighted by Gasteiger charge is -2.07. The second-order valence-corrected chi connectivity index (χ2v) is 6.03. The van der Waals surface area contributed by atoms with E-state index in [9.17, 15) is 9.18 Å². The van der Waals surface area contributed by atoms with Crippen molar-refractivity contribution < 1.29 is 13.6 Å². The number of carbonyl (C=O) groups is 1. The SMILES string of the molecule is Cc1cc(F)ccc1NC(=O)c1oc2ccc(Br)cc2c1C. The first-order valence-electron chi connectivity index (χ1n) is 6.72. The Morgan fingerprint density at radius 3 is 2.68 bits per heavy atom. The number of hydrogen-bond acceptors (Lipinski definition) is 2. The molecule has 112 valence electrons. The van der Waals surface area contributed by atoms with Crippen molar-refractivity contribution in [2.75, 3.05) is 5.32 Å². The van der Waals surface area contributed by atoms with Crippen LogP contribution in [0.2, 0.25) is 0 Å². The molecule has 1 N–H and O–H groups in total. The summed E-state index contributed by atoms with van der Waals surface area (Å²) in [6.45, 7) is 3.58. The van der Waals surface area contributed by atoms with Crippen molar-refractivity contribution in [2.24, 2.45) is 0 Å². The van der Waals surface area contributed by atoms with Crippen LogP contribution >= 0.6 is 15.9 Å². The van der Waals surface area contributed by atoms with Gasteiger partial charge in [0.15, 0.2) is 5.76 Å². The van der Waals surface area contributed by atoms with Crippen LogP contribution in [0.5, 0.6) is 0 Å². The Labute approximate surface area is 135 Å². The van der Waals surface area contributed by atoms with Crippen LogP contribution in [0.1, 0.15) is 21.7 Å². The normalized spacial score (nSPS) is 10.9. The zero-order valence-electron chi connectivity index (χ0n) is 12.0. The topological polar surface area (TPSA) is 42.2 Å². The predicted molar refractivity (Wildman–Crippen MR) is 87.7 cm³/mol. The Bertz CT molecular complexity index is 886. The number of nitrogens with one attached hydrogen (secondary N) is 1. The highest BCUT2D eigenvalue weighted by Crippen LogP contribution is 2.29. The third-order valence-corrected chi connectivity index (χ3v) is 4.03. The molecule has 0 saturated carbocycles. The molecule has 1 aromatic heterocycles. The van der Waals surface area contributed by atoms with Crippen LogP contribution in [-0.2, 0) is 0 Å². The monoisotopic (exact) mass is 361 g/mol. The molecule has 1 heterocycles. The van der Waals surface area contributed by atoms with E-state index in [-0.39, 0.29) is 17.5 Å². The largest absolute Gasteiger partial charge is 0.451 e. The lowest BCUT2D eigenvalue weighted by molar-refractivity contribution is 0.0998. The highest BCUT2D eigenvalue weighted by atomic mass is 79.9. The molecule has 0 aliphatic heterocycles. The van der Waals surface area contributed by atoms with Crippen molar-refractivity contribution in [3.05, 3.63) is 63.6 Å². The standard InChI is InChI=1S/C17H13BrFNO2/c1-9-7-12(19)4-5-14(9)20-17(21)16-10(2)13-8-11(18)3-6-15(13)22-16/h3-8H,1-2H3,(H,20,21). The summed E-state index contributed by atoms with van der Waals surface area (Å²) in [6.07, 6.45) is 0. The molecule has 1 amide bonds. The summed E-state index contributed by atoms with van der Waals surface area (Å²) in [5.74, 6) is -0.420. The van der Waals surface area contributed by atoms with Crippen LogP contribution in [0.15, 0.2) is 45.3 Å². The third kappa shape index (κ3) is 2.64. The molecule has 0 unspecified atom stereocenters. The molecule has 0 aliphatic rings. The lowest BCUT2D eigenvalue weighted by atomic mass is 10.1. The maximum absolute atomic E-state index is 13.1. The Morgan fingerprint density at radius 1 is 1.18 bits per heavy atom. The molecule has 0 radical (unpaired) electrons. The minimum atomic E-state index is -0.348. The van der Waals surface area contributed by atoms with E-state index in [4.69, 9.17) is 4.42 Å². The number of fused-ring (bicyclic) bond motifs is 1. The summed E-state index contributed by atoms with van der Waals surface area (Å²) in [4.78, 5) is 12.4. The van der Waals surface area contributed by atoms with Gasteiger partial charge in [-0.25, -0.2) is 4.39 Å². The maximum atomic E-state index is 13.1. The van der Waals surface area contributed by atoms with Gasteiger partial charge in [-0.15, -0.1) is 0 Å². The summed E-state index contributed by atoms with van der Waals surface area (Å²) in [5.41, 5.74) is 2.65. The second-order valence-electron chi connectivity index (χ2n) is 5.11. The van der Waals surface area contributed by atoms with Crippen molar-refractivity contribution in [3.63, 3.8) is 0 Å². The highest BCUT2D eigenvalue weighted by molar-refractivity contribution is 9.10. The molecule has 0 spiro atoms. The number of benzene rings is 2. The van der Waals surface area contributed by atoms with E-state index in [2.05, 4.69) is 21.2 Å². The Kier molecular flexibility index (Phi) is 3.74. The smallest absolute Gasteiger partial charge is 0.291 e. The maximum Gasteiger partial charge on any atom is 0.291 e. The summed E-state index contributed by atoms with van der Waals surface area (Å²) in [7, 11) is 0. The second kappa shape index (κ2) is 5.57. The molecule has 0 bridgehead atoms. The first kappa shape index (κ1) is 14.8. The molecule has 0 fully saturated rings. The molecule has 3 nitrogen and oxygen atoms in total. The van der Waals surface area contributed by atoms with Gasteiger partial charge in [-0.2, -0.15) is 0 Å². The van der Waals surface area contributed by atoms with Gasteiger partial charge >= 0.3 is 0 Å². The summed E-state index contributed by atoms with van der Waals surface area (Å²) in [5, 5.41) is 3.64. The lowest BCUT2D eigenvalue weighted by Crippen LogP contribution is -2.13. The van der Waals surface area contributed by atoms with Crippen LogP contribution in [0.4, 0.5) is 10.1 Å². The van der Waals surface area contributed by atoms with E-state index in [1.807, 2.05) is 25.1 Å². The summed E-state index contributed by atoms with van der Waals surface area (Å²) >= 11 is 3.41. The van der Waals surface area contributed by atoms with Gasteiger partial charge in [0, 0.05) is 21.1 Å². The van der Waals surface area contributed by atoms with Crippen molar-refractivity contribution >= 4 is 38.5 Å². The number of rotatable bonds is 2. The predicted octanol–water partition coefficient (Wildman–Crippen LogP) is 5.20. The average molecular weight is 362 g/mol. The van der Waals surface area contributed by atoms with Gasteiger partial charge in [-0.1, -0.05) is 15.9 Å². The van der Waals surface area contributed by atoms with Gasteiger partial charge in [0.25, 0.3) is 5.91 Å². The number of aryl methyl sites for hydroxylation is 2. The zero-order valence-corrected chi connectivity index (χ0v) is 13.6. The first-order chi connectivity index (χ1) is 10.5. The van der Waals surface area contributed by atoms with Gasteiger partial charge in [0.2, 0.25) is 0 Å². The van der Waals surface area contributed by atoms with Crippen molar-refractivity contribution in [1.82, 2.24) is 0 Å². The van der Waals surface area contributed by atoms with Gasteiger partial charge in [0.1, 0.15) is 11.4 Å². The van der Waals surface area contributed by atoms with Crippen LogP contribution in [0, 0.1) is 19.7 Å². The fourth-order valence-corrected chi connectivity index (χ4v) is 2.72. The summed E-state index contributed by atoms with van der Waals surface area (Å²) < 4.78 is 19.7. The first-order valence-corrected chi connectivity index (χ1v) is 7.51. The van der Waals surface area contributed by atoms with Crippen LogP contribution in [-0.4, -0.2) is 5.91 Å². The van der Waals surface area contributed by atoms with Crippen molar-refractivity contribution in [3.8, 4) is 0 Å². The fraction of sp³-hybridized carbons (Fsp3) is 0.118. The average Bonchev–Trinajstić information content (AvgIpc) is 2.79. The van der Waals surface area contributed by atoms with Crippen molar-refractivity contribution in [2.45, 2.75) is 13.8 Å². The Morgan fingerprint density at radius 2 is 1.95 bits per heavy atom. The molecule has 0 saturated heterocycles. The molecule has 0 atom stereocenters. The molecule has 0 aliphatic carbocycles. The number of carbonyl (C=O) groups excluding carboxylic acids is 1. The summed E-state index contributed by atoms with van der Waals surface area (Å²) in [6, 6.07) is 9.80. The quantitative estimate of drug-likeness (QED) is 0.681. The van der Waals surface area contributed by atoms with Gasteiger partial charge in [-0.05, 0) is 55.8 Å². The molecule has 22 heavy (non-hydrogen) atoms. The fourth-order valence-electron chi connectivity index (χ4n) is 2.36. The molecular weight excluding hydrogens is 349 g/mol. The third-order valence-electron chi connectivity index (χ3n) is 3.54. The molecular formula is C17H13BrFNO2. The van der Waals surface area contributed by atoms with Gasteiger partial charge in [-0.3, -0.25) is 4.79 Å². The number of furan rings is 1. The number of halogens is 2. The minimum absolute atomic E-state index is 0.261. The Hall–Kier alpha value is -2.14. The van der Waals surface area contributed by atoms with E-state index in [0.717, 1.165) is 15.4 Å². The minimum Gasteiger partial charge on any atom is -0.451 e. The van der Waals surface area contributed by atoms with Gasteiger partial charge in [0.05, 0.1) is 0 Å². The van der Waals surface area contributed by atoms with Gasteiger partial charge < -0.3 is 9.73 Å². The zero-order chi connectivity index (χ0) is 15.9. The van der Waals surface area contributed by atoms with Crippen LogP contribution < -0.4 is 5.32 Å². The highest BCUT2D eigenvalue weighted by Gasteiger charge is 2.18. The molecule has 3 aromatic rings. The van der Waals surface area contributed by atoms with E-state index in [1.165, 1.54) is 18.2 Å². The number of anilines is 1. The van der Waals surface area contributed by atoms with Crippen LogP contribution in [0.25, 0.3) is 11.0 Å². The molecule has 5 heteroatoms. The van der Waals surface area contributed by atoms with Crippen LogP contribution in [0.3, 0.4) is 0 Å².